The second-order valence-electron chi connectivity index (χ2n) is 6.91. The Morgan fingerprint density at radius 2 is 1.76 bits per heavy atom. The minimum absolute atomic E-state index is 0.0183. The highest BCUT2D eigenvalue weighted by Gasteiger charge is 2.28. The van der Waals surface area contributed by atoms with Crippen LogP contribution < -0.4 is 5.32 Å². The summed E-state index contributed by atoms with van der Waals surface area (Å²) < 4.78 is 0. The van der Waals surface area contributed by atoms with Gasteiger partial charge in [0.1, 0.15) is 6.04 Å². The number of likely N-dealkylation sites (N-methyl/N-ethyl adjacent to an activating group) is 1. The predicted octanol–water partition coefficient (Wildman–Crippen LogP) is 2.91. The van der Waals surface area contributed by atoms with Crippen molar-refractivity contribution in [3.05, 3.63) is 33.8 Å². The molecule has 138 valence electrons. The van der Waals surface area contributed by atoms with E-state index in [9.17, 15) is 9.59 Å². The lowest BCUT2D eigenvalue weighted by molar-refractivity contribution is -0.135. The van der Waals surface area contributed by atoms with Gasteiger partial charge in [-0.3, -0.25) is 9.59 Å². The minimum Gasteiger partial charge on any atom is -0.340 e. The van der Waals surface area contributed by atoms with Crippen LogP contribution in [0.5, 0.6) is 0 Å². The summed E-state index contributed by atoms with van der Waals surface area (Å²) in [5, 5.41) is 3.59. The van der Waals surface area contributed by atoms with E-state index in [1.54, 1.807) is 12.1 Å². The number of rotatable bonds is 5. The van der Waals surface area contributed by atoms with Crippen molar-refractivity contribution in [3.8, 4) is 0 Å². The average Bonchev–Trinajstić information content (AvgIpc) is 2.56. The molecule has 1 aliphatic rings. The van der Waals surface area contributed by atoms with Gasteiger partial charge in [-0.2, -0.15) is 0 Å². The molecule has 0 saturated carbocycles. The number of nitrogens with zero attached hydrogens (tertiary/aromatic N) is 2. The van der Waals surface area contributed by atoms with Crippen molar-refractivity contribution in [1.29, 1.82) is 0 Å². The monoisotopic (exact) mass is 385 g/mol. The number of amides is 2. The Morgan fingerprint density at radius 1 is 1.12 bits per heavy atom. The summed E-state index contributed by atoms with van der Waals surface area (Å²) in [6.45, 7) is 7.14. The van der Waals surface area contributed by atoms with E-state index in [4.69, 9.17) is 23.2 Å². The highest BCUT2D eigenvalue weighted by Crippen LogP contribution is 2.22. The Kier molecular flexibility index (Phi) is 7.11. The first-order chi connectivity index (χ1) is 11.8. The fourth-order valence-corrected chi connectivity index (χ4v) is 3.12. The van der Waals surface area contributed by atoms with E-state index in [1.807, 2.05) is 25.8 Å². The number of piperazine rings is 1. The van der Waals surface area contributed by atoms with Gasteiger partial charge in [-0.15, -0.1) is 0 Å². The molecule has 2 rings (SSSR count). The normalized spacial score (nSPS) is 16.8. The summed E-state index contributed by atoms with van der Waals surface area (Å²) in [7, 11) is 2.04. The van der Waals surface area contributed by atoms with Crippen LogP contribution in [0.4, 0.5) is 0 Å². The van der Waals surface area contributed by atoms with E-state index < -0.39 is 6.04 Å². The summed E-state index contributed by atoms with van der Waals surface area (Å²) in [4.78, 5) is 29.4. The van der Waals surface area contributed by atoms with Gasteiger partial charge < -0.3 is 15.1 Å². The highest BCUT2D eigenvalue weighted by atomic mass is 35.5. The molecule has 1 aliphatic heterocycles. The Balaban J connectivity index is 2.09. The van der Waals surface area contributed by atoms with Gasteiger partial charge in [0.15, 0.2) is 0 Å². The minimum atomic E-state index is -0.537. The smallest absolute Gasteiger partial charge is 0.251 e. The molecular weight excluding hydrogens is 361 g/mol. The molecule has 1 N–H and O–H groups in total. The lowest BCUT2D eigenvalue weighted by Gasteiger charge is -2.35. The summed E-state index contributed by atoms with van der Waals surface area (Å²) in [6.07, 6.45) is 0.595. The predicted molar refractivity (Wildman–Crippen MR) is 101 cm³/mol. The van der Waals surface area contributed by atoms with Gasteiger partial charge in [0.25, 0.3) is 5.91 Å². The van der Waals surface area contributed by atoms with Crippen LogP contribution in [-0.2, 0) is 4.79 Å². The van der Waals surface area contributed by atoms with Crippen LogP contribution in [0, 0.1) is 5.92 Å². The number of hydrogen-bond acceptors (Lipinski definition) is 3. The topological polar surface area (TPSA) is 52.7 Å². The maximum Gasteiger partial charge on any atom is 0.251 e. The van der Waals surface area contributed by atoms with E-state index in [-0.39, 0.29) is 17.7 Å². The van der Waals surface area contributed by atoms with Crippen molar-refractivity contribution < 1.29 is 9.59 Å². The van der Waals surface area contributed by atoms with E-state index in [2.05, 4.69) is 10.2 Å². The van der Waals surface area contributed by atoms with Crippen LogP contribution in [0.15, 0.2) is 18.2 Å². The number of benzene rings is 1. The maximum atomic E-state index is 12.9. The van der Waals surface area contributed by atoms with Crippen molar-refractivity contribution in [2.24, 2.45) is 5.92 Å². The zero-order valence-corrected chi connectivity index (χ0v) is 16.4. The van der Waals surface area contributed by atoms with Gasteiger partial charge in [-0.25, -0.2) is 0 Å². The molecule has 1 fully saturated rings. The first kappa shape index (κ1) is 20.0. The van der Waals surface area contributed by atoms with Crippen LogP contribution in [-0.4, -0.2) is 60.9 Å². The molecule has 25 heavy (non-hydrogen) atoms. The molecule has 0 unspecified atom stereocenters. The molecule has 0 bridgehead atoms. The van der Waals surface area contributed by atoms with Crippen molar-refractivity contribution in [3.63, 3.8) is 0 Å². The molecule has 7 heteroatoms. The molecule has 1 saturated heterocycles. The molecule has 1 heterocycles. The molecule has 0 spiro atoms. The third-order valence-electron chi connectivity index (χ3n) is 4.31. The average molecular weight is 386 g/mol. The van der Waals surface area contributed by atoms with Crippen LogP contribution in [0.2, 0.25) is 10.0 Å². The number of carbonyl (C=O) groups excluding carboxylic acids is 2. The summed E-state index contributed by atoms with van der Waals surface area (Å²) in [5.41, 5.74) is 0.398. The Bertz CT molecular complexity index is 629. The zero-order chi connectivity index (χ0) is 18.6. The lowest BCUT2D eigenvalue weighted by atomic mass is 10.0. The molecule has 5 nitrogen and oxygen atoms in total. The molecule has 0 aromatic heterocycles. The first-order valence-electron chi connectivity index (χ1n) is 8.51. The Hall–Kier alpha value is -1.30. The fourth-order valence-electron chi connectivity index (χ4n) is 2.82. The molecule has 0 aliphatic carbocycles. The van der Waals surface area contributed by atoms with Crippen molar-refractivity contribution in [2.45, 2.75) is 26.3 Å². The van der Waals surface area contributed by atoms with Crippen LogP contribution in [0.25, 0.3) is 0 Å². The summed E-state index contributed by atoms with van der Waals surface area (Å²) in [6, 6.07) is 4.17. The zero-order valence-electron chi connectivity index (χ0n) is 14.9. The van der Waals surface area contributed by atoms with Gasteiger partial charge >= 0.3 is 0 Å². The molecule has 1 aromatic rings. The quantitative estimate of drug-likeness (QED) is 0.847. The number of hydrogen-bond donors (Lipinski definition) is 1. The van der Waals surface area contributed by atoms with Crippen LogP contribution >= 0.6 is 23.2 Å². The third-order valence-corrected chi connectivity index (χ3v) is 5.05. The van der Waals surface area contributed by atoms with Crippen molar-refractivity contribution >= 4 is 35.0 Å². The van der Waals surface area contributed by atoms with E-state index in [0.29, 0.717) is 35.1 Å². The van der Waals surface area contributed by atoms with Crippen LogP contribution in [0.1, 0.15) is 30.6 Å². The highest BCUT2D eigenvalue weighted by molar-refractivity contribution is 6.42. The second kappa shape index (κ2) is 8.88. The van der Waals surface area contributed by atoms with E-state index >= 15 is 0 Å². The number of carbonyl (C=O) groups is 2. The van der Waals surface area contributed by atoms with E-state index in [0.717, 1.165) is 13.1 Å². The number of halogens is 2. The van der Waals surface area contributed by atoms with Crippen molar-refractivity contribution in [1.82, 2.24) is 15.1 Å². The Labute approximate surface area is 159 Å². The maximum absolute atomic E-state index is 12.9. The first-order valence-corrected chi connectivity index (χ1v) is 9.26. The molecule has 2 amide bonds. The largest absolute Gasteiger partial charge is 0.340 e. The summed E-state index contributed by atoms with van der Waals surface area (Å²) >= 11 is 11.9. The van der Waals surface area contributed by atoms with Crippen LogP contribution in [0.3, 0.4) is 0 Å². The SMILES string of the molecule is CC(C)C[C@@H](NC(=O)c1ccc(Cl)c(Cl)c1)C(=O)N1CCN(C)CC1. The van der Waals surface area contributed by atoms with Gasteiger partial charge in [-0.1, -0.05) is 37.0 Å². The standard InChI is InChI=1S/C18H25Cl2N3O2/c1-12(2)10-16(18(25)23-8-6-22(3)7-9-23)21-17(24)13-4-5-14(19)15(20)11-13/h4-5,11-12,16H,6-10H2,1-3H3,(H,21,24)/t16-/m1/s1. The van der Waals surface area contributed by atoms with Gasteiger partial charge in [-0.05, 0) is 37.6 Å². The third kappa shape index (κ3) is 5.59. The van der Waals surface area contributed by atoms with Gasteiger partial charge in [0.05, 0.1) is 10.0 Å². The second-order valence-corrected chi connectivity index (χ2v) is 7.73. The van der Waals surface area contributed by atoms with Gasteiger partial charge in [0, 0.05) is 31.7 Å². The number of nitrogens with one attached hydrogen (secondary N) is 1. The fraction of sp³-hybridized carbons (Fsp3) is 0.556. The van der Waals surface area contributed by atoms with Crippen molar-refractivity contribution in [2.75, 3.05) is 33.2 Å². The lowest BCUT2D eigenvalue weighted by Crippen LogP contribution is -2.54. The molecule has 1 aromatic carbocycles. The molecule has 1 atom stereocenters. The van der Waals surface area contributed by atoms with Gasteiger partial charge in [0.2, 0.25) is 5.91 Å². The molecule has 0 radical (unpaired) electrons. The summed E-state index contributed by atoms with van der Waals surface area (Å²) in [5.74, 6) is -0.0441. The Morgan fingerprint density at radius 3 is 2.32 bits per heavy atom. The van der Waals surface area contributed by atoms with E-state index in [1.165, 1.54) is 6.07 Å². The molecular formula is C18H25Cl2N3O2.